The zero-order valence-corrected chi connectivity index (χ0v) is 16.1. The molecule has 0 radical (unpaired) electrons. The average Bonchev–Trinajstić information content (AvgIpc) is 2.75. The quantitative estimate of drug-likeness (QED) is 0.300. The number of esters is 1. The number of hydrazone groups is 1. The van der Waals surface area contributed by atoms with Crippen LogP contribution in [0.4, 0.5) is 0 Å². The minimum atomic E-state index is -0.425. The highest BCUT2D eigenvalue weighted by Crippen LogP contribution is 2.19. The molecule has 0 bridgehead atoms. The lowest BCUT2D eigenvalue weighted by molar-refractivity contribution is 0.0734. The monoisotopic (exact) mass is 388 g/mol. The number of carbonyl (C=O) groups is 2. The number of amides is 1. The molecule has 1 amide bonds. The lowest BCUT2D eigenvalue weighted by atomic mass is 10.1. The summed E-state index contributed by atoms with van der Waals surface area (Å²) in [5.41, 5.74) is 5.09. The molecular weight excluding hydrogens is 368 g/mol. The second-order valence-corrected chi connectivity index (χ2v) is 6.23. The lowest BCUT2D eigenvalue weighted by Gasteiger charge is -2.07. The van der Waals surface area contributed by atoms with Crippen LogP contribution in [-0.2, 0) is 0 Å². The molecule has 0 atom stereocenters. The SMILES string of the molecule is COc1cc(C)ccc1C(=O)N/N=C/c1ccc(OC(=O)c2ccccc2)cc1. The predicted molar refractivity (Wildman–Crippen MR) is 111 cm³/mol. The molecule has 0 unspecified atom stereocenters. The van der Waals surface area contributed by atoms with Gasteiger partial charge in [-0.25, -0.2) is 10.2 Å². The second-order valence-electron chi connectivity index (χ2n) is 6.23. The van der Waals surface area contributed by atoms with Crippen LogP contribution in [0.2, 0.25) is 0 Å². The van der Waals surface area contributed by atoms with Crippen molar-refractivity contribution in [3.05, 3.63) is 95.1 Å². The van der Waals surface area contributed by atoms with Crippen LogP contribution >= 0.6 is 0 Å². The van der Waals surface area contributed by atoms with E-state index in [2.05, 4.69) is 10.5 Å². The van der Waals surface area contributed by atoms with E-state index in [0.717, 1.165) is 11.1 Å². The van der Waals surface area contributed by atoms with E-state index in [9.17, 15) is 9.59 Å². The Labute approximate surface area is 168 Å². The van der Waals surface area contributed by atoms with Crippen LogP contribution in [0.25, 0.3) is 0 Å². The van der Waals surface area contributed by atoms with Gasteiger partial charge in [0.05, 0.1) is 24.5 Å². The van der Waals surface area contributed by atoms with Gasteiger partial charge in [-0.15, -0.1) is 0 Å². The third-order valence-corrected chi connectivity index (χ3v) is 4.08. The predicted octanol–water partition coefficient (Wildman–Crippen LogP) is 3.99. The Hall–Kier alpha value is -3.93. The highest BCUT2D eigenvalue weighted by molar-refractivity contribution is 5.97. The van der Waals surface area contributed by atoms with Crippen molar-refractivity contribution < 1.29 is 19.1 Å². The molecule has 6 nitrogen and oxygen atoms in total. The first-order valence-electron chi connectivity index (χ1n) is 8.92. The molecule has 3 rings (SSSR count). The number of ether oxygens (including phenoxy) is 2. The van der Waals surface area contributed by atoms with Crippen molar-refractivity contribution in [2.75, 3.05) is 7.11 Å². The molecule has 0 aliphatic rings. The van der Waals surface area contributed by atoms with Crippen molar-refractivity contribution >= 4 is 18.1 Å². The molecular formula is C23H20N2O4. The molecule has 6 heteroatoms. The van der Waals surface area contributed by atoms with E-state index in [1.165, 1.54) is 13.3 Å². The van der Waals surface area contributed by atoms with Gasteiger partial charge in [0.1, 0.15) is 11.5 Å². The Kier molecular flexibility index (Phi) is 6.37. The summed E-state index contributed by atoms with van der Waals surface area (Å²) in [5, 5.41) is 3.97. The Bertz CT molecular complexity index is 1030. The summed E-state index contributed by atoms with van der Waals surface area (Å²) in [6.45, 7) is 1.92. The fourth-order valence-corrected chi connectivity index (χ4v) is 2.57. The van der Waals surface area contributed by atoms with Crippen molar-refractivity contribution in [2.45, 2.75) is 6.92 Å². The van der Waals surface area contributed by atoms with Gasteiger partial charge in [0.2, 0.25) is 0 Å². The molecule has 29 heavy (non-hydrogen) atoms. The van der Waals surface area contributed by atoms with Crippen molar-refractivity contribution in [3.8, 4) is 11.5 Å². The second kappa shape index (κ2) is 9.32. The topological polar surface area (TPSA) is 77.0 Å². The number of hydrogen-bond acceptors (Lipinski definition) is 5. The van der Waals surface area contributed by atoms with Crippen LogP contribution in [-0.4, -0.2) is 25.2 Å². The number of aryl methyl sites for hydroxylation is 1. The molecule has 1 N–H and O–H groups in total. The summed E-state index contributed by atoms with van der Waals surface area (Å²) >= 11 is 0. The molecule has 0 fully saturated rings. The number of nitrogens with one attached hydrogen (secondary N) is 1. The summed E-state index contributed by atoms with van der Waals surface area (Å²) in [6.07, 6.45) is 1.50. The Morgan fingerprint density at radius 1 is 0.966 bits per heavy atom. The van der Waals surface area contributed by atoms with Gasteiger partial charge < -0.3 is 9.47 Å². The van der Waals surface area contributed by atoms with Crippen LogP contribution in [0.15, 0.2) is 77.9 Å². The molecule has 0 saturated heterocycles. The first-order chi connectivity index (χ1) is 14.1. The van der Waals surface area contributed by atoms with E-state index in [0.29, 0.717) is 22.6 Å². The van der Waals surface area contributed by atoms with Crippen LogP contribution in [0.3, 0.4) is 0 Å². The molecule has 3 aromatic carbocycles. The number of rotatable bonds is 6. The molecule has 3 aromatic rings. The summed E-state index contributed by atoms with van der Waals surface area (Å²) in [6, 6.07) is 20.8. The number of hydrogen-bond donors (Lipinski definition) is 1. The maximum absolute atomic E-state index is 12.3. The smallest absolute Gasteiger partial charge is 0.343 e. The van der Waals surface area contributed by atoms with E-state index < -0.39 is 5.97 Å². The normalized spacial score (nSPS) is 10.6. The van der Waals surface area contributed by atoms with Crippen molar-refractivity contribution in [1.82, 2.24) is 5.43 Å². The van der Waals surface area contributed by atoms with Gasteiger partial charge in [-0.3, -0.25) is 4.79 Å². The van der Waals surface area contributed by atoms with Gasteiger partial charge in [-0.05, 0) is 66.6 Å². The van der Waals surface area contributed by atoms with E-state index in [1.54, 1.807) is 60.7 Å². The Morgan fingerprint density at radius 2 is 1.69 bits per heavy atom. The van der Waals surface area contributed by atoms with Gasteiger partial charge in [0, 0.05) is 0 Å². The maximum Gasteiger partial charge on any atom is 0.343 e. The minimum Gasteiger partial charge on any atom is -0.496 e. The van der Waals surface area contributed by atoms with Gasteiger partial charge in [-0.1, -0.05) is 24.3 Å². The van der Waals surface area contributed by atoms with E-state index in [4.69, 9.17) is 9.47 Å². The largest absolute Gasteiger partial charge is 0.496 e. The average molecular weight is 388 g/mol. The lowest BCUT2D eigenvalue weighted by Crippen LogP contribution is -2.18. The van der Waals surface area contributed by atoms with Gasteiger partial charge in [0.15, 0.2) is 0 Å². The van der Waals surface area contributed by atoms with Crippen LogP contribution in [0.5, 0.6) is 11.5 Å². The Balaban J connectivity index is 1.59. The third kappa shape index (κ3) is 5.29. The number of carbonyl (C=O) groups excluding carboxylic acids is 2. The van der Waals surface area contributed by atoms with Crippen molar-refractivity contribution in [2.24, 2.45) is 5.10 Å². The number of methoxy groups -OCH3 is 1. The standard InChI is InChI=1S/C23H20N2O4/c1-16-8-13-20(21(14-16)28-2)22(26)25-24-15-17-9-11-19(12-10-17)29-23(27)18-6-4-3-5-7-18/h3-15H,1-2H3,(H,25,26)/b24-15+. The van der Waals surface area contributed by atoms with Crippen LogP contribution in [0, 0.1) is 6.92 Å². The zero-order chi connectivity index (χ0) is 20.6. The van der Waals surface area contributed by atoms with Gasteiger partial charge >= 0.3 is 5.97 Å². The Morgan fingerprint density at radius 3 is 2.38 bits per heavy atom. The van der Waals surface area contributed by atoms with Crippen LogP contribution < -0.4 is 14.9 Å². The highest BCUT2D eigenvalue weighted by atomic mass is 16.5. The van der Waals surface area contributed by atoms with Gasteiger partial charge in [0.25, 0.3) is 5.91 Å². The maximum atomic E-state index is 12.3. The molecule has 0 aliphatic carbocycles. The molecule has 0 saturated carbocycles. The molecule has 0 aliphatic heterocycles. The molecule has 0 aromatic heterocycles. The van der Waals surface area contributed by atoms with E-state index in [-0.39, 0.29) is 5.91 Å². The number of nitrogens with zero attached hydrogens (tertiary/aromatic N) is 1. The molecule has 0 spiro atoms. The fraction of sp³-hybridized carbons (Fsp3) is 0.0870. The van der Waals surface area contributed by atoms with Crippen molar-refractivity contribution in [3.63, 3.8) is 0 Å². The molecule has 146 valence electrons. The first kappa shape index (κ1) is 19.8. The minimum absolute atomic E-state index is 0.369. The van der Waals surface area contributed by atoms with E-state index >= 15 is 0 Å². The molecule has 0 heterocycles. The summed E-state index contributed by atoms with van der Waals surface area (Å²) < 4.78 is 10.6. The van der Waals surface area contributed by atoms with Crippen molar-refractivity contribution in [1.29, 1.82) is 0 Å². The van der Waals surface area contributed by atoms with Gasteiger partial charge in [-0.2, -0.15) is 5.10 Å². The summed E-state index contributed by atoms with van der Waals surface area (Å²) in [5.74, 6) is 0.115. The van der Waals surface area contributed by atoms with Crippen LogP contribution in [0.1, 0.15) is 31.8 Å². The summed E-state index contributed by atoms with van der Waals surface area (Å²) in [7, 11) is 1.51. The number of benzene rings is 3. The highest BCUT2D eigenvalue weighted by Gasteiger charge is 2.11. The zero-order valence-electron chi connectivity index (χ0n) is 16.1. The first-order valence-corrected chi connectivity index (χ1v) is 8.92. The summed E-state index contributed by atoms with van der Waals surface area (Å²) in [4.78, 5) is 24.3. The van der Waals surface area contributed by atoms with E-state index in [1.807, 2.05) is 19.1 Å². The third-order valence-electron chi connectivity index (χ3n) is 4.08. The fourth-order valence-electron chi connectivity index (χ4n) is 2.57.